The number of hydrogen-bond acceptors (Lipinski definition) is 4. The number of aromatic nitrogens is 2. The molecule has 25 heavy (non-hydrogen) atoms. The molecule has 2 aromatic rings. The summed E-state index contributed by atoms with van der Waals surface area (Å²) >= 11 is 0. The summed E-state index contributed by atoms with van der Waals surface area (Å²) in [5.74, 6) is 1.29. The average molecular weight is 340 g/mol. The van der Waals surface area contributed by atoms with E-state index in [1.807, 2.05) is 43.7 Å². The molecule has 0 unspecified atom stereocenters. The molecule has 1 N–H and O–H groups in total. The summed E-state index contributed by atoms with van der Waals surface area (Å²) in [7, 11) is 1.89. The number of nitrogens with one attached hydrogen (secondary N) is 1. The summed E-state index contributed by atoms with van der Waals surface area (Å²) in [6, 6.07) is 8.04. The predicted molar refractivity (Wildman–Crippen MR) is 95.2 cm³/mol. The molecule has 1 aromatic heterocycles. The molecule has 3 saturated heterocycles. The first-order valence-corrected chi connectivity index (χ1v) is 8.91. The van der Waals surface area contributed by atoms with E-state index >= 15 is 0 Å². The van der Waals surface area contributed by atoms with Crippen molar-refractivity contribution in [3.8, 4) is 16.9 Å². The highest BCUT2D eigenvalue weighted by Crippen LogP contribution is 2.27. The molecule has 4 heterocycles. The van der Waals surface area contributed by atoms with E-state index in [1.54, 1.807) is 4.68 Å². The number of fused-ring (bicyclic) bond motifs is 3. The van der Waals surface area contributed by atoms with Gasteiger partial charge in [-0.2, -0.15) is 5.10 Å². The SMILES string of the molecule is Cn1cc(-c2cccc(OCC(=O)N[C@@H]3CN4CCC3CC4)c2)cn1. The lowest BCUT2D eigenvalue weighted by Gasteiger charge is -2.44. The summed E-state index contributed by atoms with van der Waals surface area (Å²) in [5, 5.41) is 7.34. The molecule has 132 valence electrons. The first-order valence-electron chi connectivity index (χ1n) is 8.91. The van der Waals surface area contributed by atoms with E-state index in [0.717, 1.165) is 17.7 Å². The van der Waals surface area contributed by atoms with Crippen LogP contribution in [0.15, 0.2) is 36.7 Å². The number of benzene rings is 1. The maximum absolute atomic E-state index is 12.3. The largest absolute Gasteiger partial charge is 0.484 e. The van der Waals surface area contributed by atoms with Gasteiger partial charge in [0.05, 0.1) is 6.20 Å². The molecule has 0 saturated carbocycles. The third-order valence-corrected chi connectivity index (χ3v) is 5.24. The number of nitrogens with zero attached hydrogens (tertiary/aromatic N) is 3. The van der Waals surface area contributed by atoms with Crippen LogP contribution in [0.25, 0.3) is 11.1 Å². The zero-order valence-corrected chi connectivity index (χ0v) is 14.5. The van der Waals surface area contributed by atoms with Gasteiger partial charge in [0.15, 0.2) is 6.61 Å². The van der Waals surface area contributed by atoms with Gasteiger partial charge >= 0.3 is 0 Å². The van der Waals surface area contributed by atoms with Crippen molar-refractivity contribution in [3.05, 3.63) is 36.7 Å². The Bertz CT molecular complexity index is 749. The Labute approximate surface area is 147 Å². The molecule has 6 heteroatoms. The van der Waals surface area contributed by atoms with Crippen molar-refractivity contribution in [2.24, 2.45) is 13.0 Å². The van der Waals surface area contributed by atoms with Crippen molar-refractivity contribution in [2.45, 2.75) is 18.9 Å². The number of hydrogen-bond donors (Lipinski definition) is 1. The lowest BCUT2D eigenvalue weighted by Crippen LogP contribution is -2.57. The van der Waals surface area contributed by atoms with Crippen LogP contribution in [-0.4, -0.2) is 52.9 Å². The van der Waals surface area contributed by atoms with Crippen LogP contribution in [-0.2, 0) is 11.8 Å². The average Bonchev–Trinajstić information content (AvgIpc) is 3.08. The summed E-state index contributed by atoms with van der Waals surface area (Å²) in [6.07, 6.45) is 6.16. The third-order valence-electron chi connectivity index (χ3n) is 5.24. The molecule has 6 nitrogen and oxygen atoms in total. The van der Waals surface area contributed by atoms with Crippen LogP contribution in [0, 0.1) is 5.92 Å². The molecule has 5 rings (SSSR count). The number of rotatable bonds is 5. The van der Waals surface area contributed by atoms with Crippen LogP contribution in [0.1, 0.15) is 12.8 Å². The number of aryl methyl sites for hydroxylation is 1. The van der Waals surface area contributed by atoms with Gasteiger partial charge in [-0.3, -0.25) is 9.48 Å². The van der Waals surface area contributed by atoms with E-state index in [1.165, 1.54) is 25.9 Å². The fraction of sp³-hybridized carbons (Fsp3) is 0.474. The lowest BCUT2D eigenvalue weighted by atomic mass is 9.84. The minimum Gasteiger partial charge on any atom is -0.484 e. The van der Waals surface area contributed by atoms with Crippen molar-refractivity contribution in [3.63, 3.8) is 0 Å². The van der Waals surface area contributed by atoms with Gasteiger partial charge < -0.3 is 15.0 Å². The molecule has 0 spiro atoms. The van der Waals surface area contributed by atoms with Crippen LogP contribution >= 0.6 is 0 Å². The molecule has 1 amide bonds. The molecule has 3 aliphatic heterocycles. The minimum absolute atomic E-state index is 0.0365. The van der Waals surface area contributed by atoms with Gasteiger partial charge in [0.25, 0.3) is 5.91 Å². The zero-order valence-electron chi connectivity index (χ0n) is 14.5. The lowest BCUT2D eigenvalue weighted by molar-refractivity contribution is -0.125. The number of carbonyl (C=O) groups excluding carboxylic acids is 1. The van der Waals surface area contributed by atoms with Crippen molar-refractivity contribution in [1.29, 1.82) is 0 Å². The first kappa shape index (κ1) is 16.1. The summed E-state index contributed by atoms with van der Waals surface area (Å²) in [6.45, 7) is 3.38. The Morgan fingerprint density at radius 2 is 2.16 bits per heavy atom. The van der Waals surface area contributed by atoms with E-state index in [-0.39, 0.29) is 18.6 Å². The van der Waals surface area contributed by atoms with Crippen LogP contribution in [0.4, 0.5) is 0 Å². The zero-order chi connectivity index (χ0) is 17.2. The molecule has 1 aromatic carbocycles. The molecular weight excluding hydrogens is 316 g/mol. The van der Waals surface area contributed by atoms with Gasteiger partial charge in [0.2, 0.25) is 0 Å². The second-order valence-electron chi connectivity index (χ2n) is 7.03. The summed E-state index contributed by atoms with van der Waals surface area (Å²) < 4.78 is 7.47. The second-order valence-corrected chi connectivity index (χ2v) is 7.03. The van der Waals surface area contributed by atoms with Gasteiger partial charge in [-0.1, -0.05) is 12.1 Å². The van der Waals surface area contributed by atoms with Crippen LogP contribution in [0.5, 0.6) is 5.75 Å². The van der Waals surface area contributed by atoms with Gasteiger partial charge in [0, 0.05) is 31.4 Å². The Morgan fingerprint density at radius 1 is 1.32 bits per heavy atom. The normalized spacial score (nSPS) is 24.9. The quantitative estimate of drug-likeness (QED) is 0.900. The van der Waals surface area contributed by atoms with Gasteiger partial charge in [-0.25, -0.2) is 0 Å². The standard InChI is InChI=1S/C19H24N4O2/c1-22-11-16(10-20-22)15-3-2-4-17(9-15)25-13-19(24)21-18-12-23-7-5-14(18)6-8-23/h2-4,9-11,14,18H,5-8,12-13H2,1H3,(H,21,24)/t18-/m1/s1. The number of ether oxygens (including phenoxy) is 1. The molecule has 3 fully saturated rings. The van der Waals surface area contributed by atoms with Crippen molar-refractivity contribution >= 4 is 5.91 Å². The van der Waals surface area contributed by atoms with E-state index in [9.17, 15) is 4.79 Å². The molecular formula is C19H24N4O2. The van der Waals surface area contributed by atoms with E-state index < -0.39 is 0 Å². The smallest absolute Gasteiger partial charge is 0.258 e. The molecule has 1 atom stereocenters. The van der Waals surface area contributed by atoms with Crippen LogP contribution in [0.2, 0.25) is 0 Å². The van der Waals surface area contributed by atoms with Crippen LogP contribution < -0.4 is 10.1 Å². The van der Waals surface area contributed by atoms with Crippen molar-refractivity contribution in [1.82, 2.24) is 20.0 Å². The molecule has 3 aliphatic rings. The van der Waals surface area contributed by atoms with E-state index in [4.69, 9.17) is 4.74 Å². The summed E-state index contributed by atoms with van der Waals surface area (Å²) in [4.78, 5) is 14.7. The highest BCUT2D eigenvalue weighted by molar-refractivity contribution is 5.78. The first-order chi connectivity index (χ1) is 12.2. The topological polar surface area (TPSA) is 59.4 Å². The van der Waals surface area contributed by atoms with Crippen LogP contribution in [0.3, 0.4) is 0 Å². The van der Waals surface area contributed by atoms with Crippen molar-refractivity contribution in [2.75, 3.05) is 26.2 Å². The highest BCUT2D eigenvalue weighted by atomic mass is 16.5. The molecule has 0 radical (unpaired) electrons. The Kier molecular flexibility index (Phi) is 4.44. The third kappa shape index (κ3) is 3.69. The Morgan fingerprint density at radius 3 is 2.84 bits per heavy atom. The Hall–Kier alpha value is -2.34. The fourth-order valence-corrected chi connectivity index (χ4v) is 3.86. The van der Waals surface area contributed by atoms with Crippen molar-refractivity contribution < 1.29 is 9.53 Å². The molecule has 0 aliphatic carbocycles. The predicted octanol–water partition coefficient (Wildman–Crippen LogP) is 1.68. The van der Waals surface area contributed by atoms with E-state index in [2.05, 4.69) is 15.3 Å². The minimum atomic E-state index is -0.0365. The maximum atomic E-state index is 12.3. The summed E-state index contributed by atoms with van der Waals surface area (Å²) in [5.41, 5.74) is 2.06. The maximum Gasteiger partial charge on any atom is 0.258 e. The molecule has 2 bridgehead atoms. The highest BCUT2D eigenvalue weighted by Gasteiger charge is 2.34. The number of amides is 1. The Balaban J connectivity index is 1.33. The van der Waals surface area contributed by atoms with Gasteiger partial charge in [0.1, 0.15) is 5.75 Å². The number of piperidine rings is 3. The monoisotopic (exact) mass is 340 g/mol. The van der Waals surface area contributed by atoms with E-state index in [0.29, 0.717) is 11.7 Å². The van der Waals surface area contributed by atoms with Gasteiger partial charge in [-0.05, 0) is 49.5 Å². The van der Waals surface area contributed by atoms with Gasteiger partial charge in [-0.15, -0.1) is 0 Å². The fourth-order valence-electron chi connectivity index (χ4n) is 3.86. The number of carbonyl (C=O) groups is 1. The second kappa shape index (κ2) is 6.88.